The molecule has 6 nitrogen and oxygen atoms in total. The Morgan fingerprint density at radius 2 is 2.12 bits per heavy atom. The van der Waals surface area contributed by atoms with Gasteiger partial charge < -0.3 is 5.32 Å². The van der Waals surface area contributed by atoms with Gasteiger partial charge in [0.25, 0.3) is 5.91 Å². The fourth-order valence-corrected chi connectivity index (χ4v) is 4.11. The zero-order valence-electron chi connectivity index (χ0n) is 13.6. The summed E-state index contributed by atoms with van der Waals surface area (Å²) in [6, 6.07) is 5.52. The number of aromatic nitrogens is 4. The van der Waals surface area contributed by atoms with E-state index in [-0.39, 0.29) is 11.9 Å². The maximum Gasteiger partial charge on any atom is 0.251 e. The van der Waals surface area contributed by atoms with Crippen molar-refractivity contribution in [3.8, 4) is 0 Å². The summed E-state index contributed by atoms with van der Waals surface area (Å²) in [5.41, 5.74) is 2.41. The number of H-pyrrole nitrogens is 1. The minimum absolute atomic E-state index is 0.0820. The molecule has 1 aromatic carbocycles. The maximum atomic E-state index is 12.9. The Morgan fingerprint density at radius 3 is 2.88 bits per heavy atom. The summed E-state index contributed by atoms with van der Waals surface area (Å²) in [4.78, 5) is 21.5. The summed E-state index contributed by atoms with van der Waals surface area (Å²) in [6.45, 7) is 0. The Bertz CT molecular complexity index is 889. The molecular weight excluding hydrogens is 429 g/mol. The summed E-state index contributed by atoms with van der Waals surface area (Å²) in [5.74, 6) is 0.333. The number of halogens is 1. The van der Waals surface area contributed by atoms with E-state index in [4.69, 9.17) is 0 Å². The van der Waals surface area contributed by atoms with Crippen LogP contribution in [0.15, 0.2) is 36.8 Å². The fraction of sp³-hybridized carbons (Fsp3) is 0.333. The molecule has 1 saturated carbocycles. The number of nitrogens with zero attached hydrogens (tertiary/aromatic N) is 3. The number of amides is 1. The summed E-state index contributed by atoms with van der Waals surface area (Å²) in [6.07, 6.45) is 9.73. The lowest BCUT2D eigenvalue weighted by molar-refractivity contribution is 0.0920. The first-order valence-corrected chi connectivity index (χ1v) is 9.50. The number of fused-ring (bicyclic) bond motifs is 1. The monoisotopic (exact) mass is 447 g/mol. The van der Waals surface area contributed by atoms with Gasteiger partial charge in [-0.2, -0.15) is 5.10 Å². The summed E-state index contributed by atoms with van der Waals surface area (Å²) >= 11 is 2.17. The molecule has 2 N–H and O–H groups in total. The third-order valence-electron chi connectivity index (χ3n) is 4.84. The van der Waals surface area contributed by atoms with Crippen molar-refractivity contribution in [3.05, 3.63) is 51.7 Å². The molecule has 3 aromatic rings. The van der Waals surface area contributed by atoms with Gasteiger partial charge in [-0.05, 0) is 59.5 Å². The molecule has 128 valence electrons. The van der Waals surface area contributed by atoms with E-state index in [9.17, 15) is 4.79 Å². The van der Waals surface area contributed by atoms with E-state index in [1.54, 1.807) is 18.6 Å². The zero-order valence-corrected chi connectivity index (χ0v) is 15.7. The van der Waals surface area contributed by atoms with Crippen molar-refractivity contribution in [1.82, 2.24) is 25.5 Å². The number of benzene rings is 1. The van der Waals surface area contributed by atoms with Gasteiger partial charge in [0.15, 0.2) is 0 Å². The van der Waals surface area contributed by atoms with E-state index in [0.29, 0.717) is 11.5 Å². The van der Waals surface area contributed by atoms with E-state index in [2.05, 4.69) is 48.1 Å². The molecule has 0 bridgehead atoms. The fourth-order valence-electron chi connectivity index (χ4n) is 3.54. The average Bonchev–Trinajstić information content (AvgIpc) is 3.30. The van der Waals surface area contributed by atoms with Crippen LogP contribution in [0.3, 0.4) is 0 Å². The Kier molecular flexibility index (Phi) is 4.65. The standard InChI is InChI=1S/C18H18IN5O/c19-17-13-9-12(5-6-14(13)23-24-17)18(25)22-16(11-3-1-2-4-11)15-10-20-7-8-21-15/h5-11,16H,1-4H2,(H,22,25)(H,23,24). The molecule has 4 rings (SSSR count). The lowest BCUT2D eigenvalue weighted by Crippen LogP contribution is -2.33. The molecule has 0 spiro atoms. The highest BCUT2D eigenvalue weighted by molar-refractivity contribution is 14.1. The molecule has 25 heavy (non-hydrogen) atoms. The van der Waals surface area contributed by atoms with Crippen molar-refractivity contribution in [3.63, 3.8) is 0 Å². The van der Waals surface area contributed by atoms with Crippen LogP contribution >= 0.6 is 22.6 Å². The first-order valence-electron chi connectivity index (χ1n) is 8.43. The normalized spacial score (nSPS) is 16.2. The van der Waals surface area contributed by atoms with E-state index in [1.165, 1.54) is 12.8 Å². The molecule has 1 fully saturated rings. The van der Waals surface area contributed by atoms with Crippen LogP contribution in [0.5, 0.6) is 0 Å². The molecule has 7 heteroatoms. The van der Waals surface area contributed by atoms with Crippen LogP contribution in [0, 0.1) is 9.62 Å². The molecule has 2 heterocycles. The van der Waals surface area contributed by atoms with Gasteiger partial charge >= 0.3 is 0 Å². The highest BCUT2D eigenvalue weighted by atomic mass is 127. The highest BCUT2D eigenvalue weighted by Crippen LogP contribution is 2.35. The second kappa shape index (κ2) is 7.07. The van der Waals surface area contributed by atoms with Crippen LogP contribution in [0.25, 0.3) is 10.9 Å². The minimum Gasteiger partial charge on any atom is -0.343 e. The first kappa shape index (κ1) is 16.4. The summed E-state index contributed by atoms with van der Waals surface area (Å²) in [7, 11) is 0. The van der Waals surface area contributed by atoms with Gasteiger partial charge in [-0.1, -0.05) is 12.8 Å². The molecule has 1 aliphatic rings. The van der Waals surface area contributed by atoms with E-state index < -0.39 is 0 Å². The average molecular weight is 447 g/mol. The molecule has 1 unspecified atom stereocenters. The van der Waals surface area contributed by atoms with Crippen LogP contribution in [0.2, 0.25) is 0 Å². The van der Waals surface area contributed by atoms with Gasteiger partial charge in [0.05, 0.1) is 23.4 Å². The molecular formula is C18H18IN5O. The molecule has 2 aromatic heterocycles. The number of carbonyl (C=O) groups excluding carboxylic acids is 1. The smallest absolute Gasteiger partial charge is 0.251 e. The number of aromatic amines is 1. The quantitative estimate of drug-likeness (QED) is 0.599. The Morgan fingerprint density at radius 1 is 1.28 bits per heavy atom. The second-order valence-electron chi connectivity index (χ2n) is 6.40. The number of hydrogen-bond donors (Lipinski definition) is 2. The van der Waals surface area contributed by atoms with Gasteiger partial charge in [0.2, 0.25) is 0 Å². The van der Waals surface area contributed by atoms with Crippen LogP contribution in [0.4, 0.5) is 0 Å². The number of rotatable bonds is 4. The van der Waals surface area contributed by atoms with Crippen molar-refractivity contribution in [2.75, 3.05) is 0 Å². The topological polar surface area (TPSA) is 83.6 Å². The van der Waals surface area contributed by atoms with Crippen LogP contribution in [-0.4, -0.2) is 26.1 Å². The minimum atomic E-state index is -0.0946. The predicted molar refractivity (Wildman–Crippen MR) is 103 cm³/mol. The number of nitrogens with one attached hydrogen (secondary N) is 2. The maximum absolute atomic E-state index is 12.9. The zero-order chi connectivity index (χ0) is 17.2. The van der Waals surface area contributed by atoms with Gasteiger partial charge in [0, 0.05) is 23.3 Å². The van der Waals surface area contributed by atoms with E-state index in [1.807, 2.05) is 18.2 Å². The molecule has 0 saturated heterocycles. The predicted octanol–water partition coefficient (Wildman–Crippen LogP) is 3.62. The van der Waals surface area contributed by atoms with Gasteiger partial charge in [-0.25, -0.2) is 0 Å². The largest absolute Gasteiger partial charge is 0.343 e. The lowest BCUT2D eigenvalue weighted by atomic mass is 9.95. The van der Waals surface area contributed by atoms with Crippen LogP contribution in [-0.2, 0) is 0 Å². The van der Waals surface area contributed by atoms with Crippen molar-refractivity contribution >= 4 is 39.4 Å². The third-order valence-corrected chi connectivity index (χ3v) is 5.66. The van der Waals surface area contributed by atoms with Crippen LogP contribution < -0.4 is 5.32 Å². The van der Waals surface area contributed by atoms with Crippen molar-refractivity contribution in [1.29, 1.82) is 0 Å². The Labute approximate surface area is 159 Å². The van der Waals surface area contributed by atoms with Crippen molar-refractivity contribution in [2.45, 2.75) is 31.7 Å². The molecule has 0 radical (unpaired) electrons. The second-order valence-corrected chi connectivity index (χ2v) is 7.42. The van der Waals surface area contributed by atoms with Crippen LogP contribution in [0.1, 0.15) is 47.8 Å². The summed E-state index contributed by atoms with van der Waals surface area (Å²) < 4.78 is 0.864. The Balaban J connectivity index is 1.61. The molecule has 1 amide bonds. The molecule has 1 aliphatic carbocycles. The van der Waals surface area contributed by atoms with Gasteiger partial charge in [-0.15, -0.1) is 0 Å². The lowest BCUT2D eigenvalue weighted by Gasteiger charge is -2.24. The summed E-state index contributed by atoms with van der Waals surface area (Å²) in [5, 5.41) is 11.3. The number of carbonyl (C=O) groups is 1. The first-order chi connectivity index (χ1) is 12.2. The molecule has 1 atom stereocenters. The van der Waals surface area contributed by atoms with E-state index in [0.717, 1.165) is 33.1 Å². The van der Waals surface area contributed by atoms with E-state index >= 15 is 0 Å². The SMILES string of the molecule is O=C(NC(c1cnccn1)C1CCCC1)c1ccc2[nH]nc(I)c2c1. The number of hydrogen-bond acceptors (Lipinski definition) is 4. The van der Waals surface area contributed by atoms with Crippen molar-refractivity contribution in [2.24, 2.45) is 5.92 Å². The highest BCUT2D eigenvalue weighted by Gasteiger charge is 2.29. The van der Waals surface area contributed by atoms with Gasteiger partial charge in [0.1, 0.15) is 3.70 Å². The third kappa shape index (κ3) is 3.37. The van der Waals surface area contributed by atoms with Crippen molar-refractivity contribution < 1.29 is 4.79 Å². The molecule has 0 aliphatic heterocycles. The Hall–Kier alpha value is -2.03. The van der Waals surface area contributed by atoms with Gasteiger partial charge in [-0.3, -0.25) is 19.9 Å².